The van der Waals surface area contributed by atoms with Crippen molar-refractivity contribution in [2.24, 2.45) is 0 Å². The summed E-state index contributed by atoms with van der Waals surface area (Å²) in [5.74, 6) is -0.143. The largest absolute Gasteiger partial charge is 0.354 e. The van der Waals surface area contributed by atoms with Gasteiger partial charge >= 0.3 is 0 Å². The van der Waals surface area contributed by atoms with Crippen molar-refractivity contribution >= 4 is 16.7 Å². The van der Waals surface area contributed by atoms with Gasteiger partial charge in [-0.3, -0.25) is 13.6 Å². The summed E-state index contributed by atoms with van der Waals surface area (Å²) in [5.41, 5.74) is 2.44. The quantitative estimate of drug-likeness (QED) is 0.851. The van der Waals surface area contributed by atoms with Crippen LogP contribution in [-0.2, 0) is 28.6 Å². The number of aromatic nitrogens is 3. The molecule has 1 aromatic heterocycles. The fourth-order valence-electron chi connectivity index (χ4n) is 2.01. The van der Waals surface area contributed by atoms with E-state index in [1.54, 1.807) is 0 Å². The molecule has 1 aromatic carbocycles. The Morgan fingerprint density at radius 2 is 2.14 bits per heavy atom. The summed E-state index contributed by atoms with van der Waals surface area (Å²) in [5, 5.41) is 10.6. The maximum absolute atomic E-state index is 11.9. The highest BCUT2D eigenvalue weighted by Gasteiger charge is 2.11. The summed E-state index contributed by atoms with van der Waals surface area (Å²) in [6.45, 7) is 2.70. The lowest BCUT2D eigenvalue weighted by Gasteiger charge is -2.08. The molecule has 21 heavy (non-hydrogen) atoms. The van der Waals surface area contributed by atoms with Crippen LogP contribution in [0.5, 0.6) is 0 Å². The molecule has 1 heterocycles. The molecule has 1 N–H and O–H groups in total. The van der Waals surface area contributed by atoms with Crippen LogP contribution in [0.3, 0.4) is 0 Å². The maximum atomic E-state index is 11.9. The predicted octanol–water partition coefficient (Wildman–Crippen LogP) is 0.683. The van der Waals surface area contributed by atoms with Crippen LogP contribution in [0.2, 0.25) is 0 Å². The molecule has 1 unspecified atom stereocenters. The van der Waals surface area contributed by atoms with Gasteiger partial charge in [0.2, 0.25) is 11.1 Å². The zero-order valence-electron chi connectivity index (χ0n) is 12.1. The average molecular weight is 306 g/mol. The number of hydrogen-bond donors (Lipinski definition) is 1. The van der Waals surface area contributed by atoms with Crippen molar-refractivity contribution in [3.8, 4) is 0 Å². The highest BCUT2D eigenvalue weighted by atomic mass is 32.2. The van der Waals surface area contributed by atoms with Gasteiger partial charge in [-0.2, -0.15) is 0 Å². The second-order valence-electron chi connectivity index (χ2n) is 4.72. The molecule has 0 radical (unpaired) electrons. The zero-order valence-corrected chi connectivity index (χ0v) is 12.9. The van der Waals surface area contributed by atoms with E-state index in [4.69, 9.17) is 0 Å². The van der Waals surface area contributed by atoms with Crippen LogP contribution in [0.1, 0.15) is 11.1 Å². The number of hydrogen-bond acceptors (Lipinski definition) is 4. The van der Waals surface area contributed by atoms with Gasteiger partial charge < -0.3 is 5.32 Å². The second kappa shape index (κ2) is 7.12. The lowest BCUT2D eigenvalue weighted by Crippen LogP contribution is -2.29. The summed E-state index contributed by atoms with van der Waals surface area (Å²) in [4.78, 5) is 11.9. The fraction of sp³-hybridized carbons (Fsp3) is 0.357. The minimum Gasteiger partial charge on any atom is -0.354 e. The molecule has 6 nitrogen and oxygen atoms in total. The number of aryl methyl sites for hydroxylation is 1. The van der Waals surface area contributed by atoms with Crippen molar-refractivity contribution in [1.29, 1.82) is 0 Å². The van der Waals surface area contributed by atoms with Crippen molar-refractivity contribution in [2.75, 3.05) is 12.8 Å². The zero-order chi connectivity index (χ0) is 15.2. The van der Waals surface area contributed by atoms with Crippen molar-refractivity contribution in [1.82, 2.24) is 20.1 Å². The molecule has 2 rings (SSSR count). The number of carbonyl (C=O) groups is 1. The first-order chi connectivity index (χ1) is 10.1. The third-order valence-electron chi connectivity index (χ3n) is 3.13. The molecule has 0 saturated carbocycles. The molecule has 0 aliphatic carbocycles. The van der Waals surface area contributed by atoms with Gasteiger partial charge in [0.05, 0.1) is 10.8 Å². The van der Waals surface area contributed by atoms with Gasteiger partial charge in [-0.1, -0.05) is 24.3 Å². The third-order valence-corrected chi connectivity index (χ3v) is 3.96. The number of rotatable bonds is 6. The van der Waals surface area contributed by atoms with Gasteiger partial charge in [0.25, 0.3) is 0 Å². The number of amides is 1. The van der Waals surface area contributed by atoms with Crippen molar-refractivity contribution in [2.45, 2.75) is 25.0 Å². The summed E-state index contributed by atoms with van der Waals surface area (Å²) >= 11 is 0. The molecule has 0 saturated heterocycles. The van der Waals surface area contributed by atoms with E-state index in [9.17, 15) is 9.00 Å². The third kappa shape index (κ3) is 4.22. The minimum absolute atomic E-state index is 0.0791. The first kappa shape index (κ1) is 15.4. The van der Waals surface area contributed by atoms with Crippen LogP contribution in [0.25, 0.3) is 0 Å². The minimum atomic E-state index is -1.25. The molecule has 0 aliphatic heterocycles. The summed E-state index contributed by atoms with van der Waals surface area (Å²) in [6.07, 6.45) is 3.71. The Kier molecular flexibility index (Phi) is 5.21. The normalized spacial score (nSPS) is 12.1. The highest BCUT2D eigenvalue weighted by molar-refractivity contribution is 7.84. The molecule has 112 valence electrons. The van der Waals surface area contributed by atoms with Crippen LogP contribution >= 0.6 is 0 Å². The number of benzene rings is 1. The summed E-state index contributed by atoms with van der Waals surface area (Å²) < 4.78 is 12.9. The van der Waals surface area contributed by atoms with Gasteiger partial charge in [0.1, 0.15) is 12.9 Å². The van der Waals surface area contributed by atoms with Gasteiger partial charge in [-0.05, 0) is 24.5 Å². The van der Waals surface area contributed by atoms with Gasteiger partial charge in [-0.15, -0.1) is 10.2 Å². The Morgan fingerprint density at radius 1 is 1.38 bits per heavy atom. The maximum Gasteiger partial charge on any atom is 0.240 e. The molecule has 0 spiro atoms. The van der Waals surface area contributed by atoms with Crippen LogP contribution in [0, 0.1) is 6.92 Å². The lowest BCUT2D eigenvalue weighted by atomic mass is 10.1. The average Bonchev–Trinajstić information content (AvgIpc) is 2.89. The van der Waals surface area contributed by atoms with E-state index in [0.29, 0.717) is 11.7 Å². The molecular formula is C14H18N4O2S. The van der Waals surface area contributed by atoms with E-state index in [-0.39, 0.29) is 12.5 Å². The monoisotopic (exact) mass is 306 g/mol. The molecule has 0 aliphatic rings. The van der Waals surface area contributed by atoms with Crippen LogP contribution in [-0.4, -0.2) is 37.7 Å². The Bertz CT molecular complexity index is 654. The lowest BCUT2D eigenvalue weighted by molar-refractivity contribution is -0.121. The Labute approximate surface area is 126 Å². The SMILES string of the molecule is Cc1ccccc1CCNC(=O)Cn1cnnc1S(C)=O. The van der Waals surface area contributed by atoms with E-state index in [1.807, 2.05) is 12.1 Å². The van der Waals surface area contributed by atoms with Gasteiger partial charge in [-0.25, -0.2) is 0 Å². The van der Waals surface area contributed by atoms with Crippen molar-refractivity contribution < 1.29 is 9.00 Å². The molecule has 7 heteroatoms. The Morgan fingerprint density at radius 3 is 2.86 bits per heavy atom. The van der Waals surface area contributed by atoms with Crippen LogP contribution in [0.4, 0.5) is 0 Å². The highest BCUT2D eigenvalue weighted by Crippen LogP contribution is 2.06. The van der Waals surface area contributed by atoms with Gasteiger partial charge in [0, 0.05) is 12.8 Å². The van der Waals surface area contributed by atoms with Crippen LogP contribution < -0.4 is 5.32 Å². The predicted molar refractivity (Wildman–Crippen MR) is 80.2 cm³/mol. The first-order valence-electron chi connectivity index (χ1n) is 6.60. The van der Waals surface area contributed by atoms with E-state index in [1.165, 1.54) is 28.3 Å². The van der Waals surface area contributed by atoms with Gasteiger partial charge in [0.15, 0.2) is 0 Å². The van der Waals surface area contributed by atoms with E-state index >= 15 is 0 Å². The van der Waals surface area contributed by atoms with Crippen LogP contribution in [0.15, 0.2) is 35.7 Å². The van der Waals surface area contributed by atoms with E-state index in [0.717, 1.165) is 6.42 Å². The fourth-order valence-corrected chi connectivity index (χ4v) is 2.62. The standard InChI is InChI=1S/C14H18N4O2S/c1-11-5-3-4-6-12(11)7-8-15-13(19)9-18-10-16-17-14(18)21(2)20/h3-6,10H,7-9H2,1-2H3,(H,15,19). The summed E-state index contributed by atoms with van der Waals surface area (Å²) in [7, 11) is -1.25. The molecule has 0 bridgehead atoms. The van der Waals surface area contributed by atoms with E-state index in [2.05, 4.69) is 34.6 Å². The topological polar surface area (TPSA) is 76.9 Å². The molecule has 0 fully saturated rings. The summed E-state index contributed by atoms with van der Waals surface area (Å²) in [6, 6.07) is 8.09. The molecule has 1 atom stereocenters. The Hall–Kier alpha value is -2.02. The second-order valence-corrected chi connectivity index (χ2v) is 6.00. The molecule has 2 aromatic rings. The first-order valence-corrected chi connectivity index (χ1v) is 8.16. The van der Waals surface area contributed by atoms with Crippen molar-refractivity contribution in [3.63, 3.8) is 0 Å². The number of nitrogens with zero attached hydrogens (tertiary/aromatic N) is 3. The van der Waals surface area contributed by atoms with Crippen molar-refractivity contribution in [3.05, 3.63) is 41.7 Å². The Balaban J connectivity index is 1.84. The molecular weight excluding hydrogens is 288 g/mol. The molecule has 1 amide bonds. The van der Waals surface area contributed by atoms with E-state index < -0.39 is 10.8 Å². The number of nitrogens with one attached hydrogen (secondary N) is 1. The number of carbonyl (C=O) groups excluding carboxylic acids is 1. The smallest absolute Gasteiger partial charge is 0.240 e.